The number of aromatic nitrogens is 3. The van der Waals surface area contributed by atoms with Crippen molar-refractivity contribution in [3.05, 3.63) is 88.8 Å². The molecule has 0 aliphatic carbocycles. The number of methoxy groups -OCH3 is 2. The van der Waals surface area contributed by atoms with E-state index in [0.717, 1.165) is 16.8 Å². The molecular weight excluding hydrogens is 490 g/mol. The average molecular weight is 516 g/mol. The van der Waals surface area contributed by atoms with Gasteiger partial charge in [0.1, 0.15) is 5.52 Å². The monoisotopic (exact) mass is 515 g/mol. The Morgan fingerprint density at radius 2 is 1.73 bits per heavy atom. The van der Waals surface area contributed by atoms with Gasteiger partial charge in [-0.2, -0.15) is 0 Å². The minimum atomic E-state index is -0.321. The number of carbonyl (C=O) groups excluding carboxylic acids is 1. The van der Waals surface area contributed by atoms with Crippen LogP contribution in [0.15, 0.2) is 66.9 Å². The highest BCUT2D eigenvalue weighted by molar-refractivity contribution is 6.33. The van der Waals surface area contributed by atoms with Crippen LogP contribution in [-0.2, 0) is 0 Å². The van der Waals surface area contributed by atoms with Crippen LogP contribution in [0.4, 0.5) is 11.5 Å². The number of halogens is 1. The van der Waals surface area contributed by atoms with Crippen molar-refractivity contribution in [3.8, 4) is 11.5 Å². The first-order valence-corrected chi connectivity index (χ1v) is 12.1. The van der Waals surface area contributed by atoms with Crippen molar-refractivity contribution in [2.45, 2.75) is 19.9 Å². The molecule has 9 heteroatoms. The lowest BCUT2D eigenvalue weighted by molar-refractivity contribution is 0.0929. The Kier molecular flexibility index (Phi) is 6.58. The quantitative estimate of drug-likeness (QED) is 0.272. The van der Waals surface area contributed by atoms with Gasteiger partial charge in [-0.1, -0.05) is 54.1 Å². The van der Waals surface area contributed by atoms with Gasteiger partial charge in [-0.05, 0) is 31.0 Å². The number of aryl methyl sites for hydroxylation is 1. The molecule has 0 aliphatic heterocycles. The summed E-state index contributed by atoms with van der Waals surface area (Å²) in [6.07, 6.45) is 1.62. The van der Waals surface area contributed by atoms with E-state index < -0.39 is 0 Å². The number of ether oxygens (including phenoxy) is 2. The van der Waals surface area contributed by atoms with Gasteiger partial charge >= 0.3 is 0 Å². The highest BCUT2D eigenvalue weighted by Crippen LogP contribution is 2.36. The first-order valence-electron chi connectivity index (χ1n) is 11.7. The fourth-order valence-corrected chi connectivity index (χ4v) is 4.58. The number of hydrogen-bond donors (Lipinski definition) is 2. The van der Waals surface area contributed by atoms with Crippen molar-refractivity contribution in [2.75, 3.05) is 19.5 Å². The topological polar surface area (TPSA) is 89.8 Å². The van der Waals surface area contributed by atoms with Crippen LogP contribution in [0.2, 0.25) is 5.02 Å². The van der Waals surface area contributed by atoms with Gasteiger partial charge in [0.25, 0.3) is 5.91 Å². The van der Waals surface area contributed by atoms with Gasteiger partial charge in [0.2, 0.25) is 5.82 Å². The minimum absolute atomic E-state index is 0.216. The molecule has 1 unspecified atom stereocenters. The molecular formula is C28H26ClN5O3. The third-order valence-corrected chi connectivity index (χ3v) is 6.59. The number of nitrogens with zero attached hydrogens (tertiary/aromatic N) is 3. The zero-order valence-corrected chi connectivity index (χ0v) is 21.6. The lowest BCUT2D eigenvalue weighted by atomic mass is 10.1. The van der Waals surface area contributed by atoms with E-state index in [-0.39, 0.29) is 17.8 Å². The Balaban J connectivity index is 1.68. The SMILES string of the molecule is COc1cc2nc(Nc3c(C)cccc3Cl)c3cnc(C(=O)NC(C)c4ccccc4)n3c2cc1OC. The number of anilines is 2. The fraction of sp³-hybridized carbons (Fsp3) is 0.179. The second-order valence-corrected chi connectivity index (χ2v) is 9.03. The molecule has 1 atom stereocenters. The number of carbonyl (C=O) groups is 1. The average Bonchev–Trinajstić information content (AvgIpc) is 3.36. The smallest absolute Gasteiger partial charge is 0.288 e. The molecule has 0 radical (unpaired) electrons. The second-order valence-electron chi connectivity index (χ2n) is 8.62. The van der Waals surface area contributed by atoms with E-state index in [1.165, 1.54) is 0 Å². The summed E-state index contributed by atoms with van der Waals surface area (Å²) in [4.78, 5) is 22.8. The van der Waals surface area contributed by atoms with E-state index >= 15 is 0 Å². The van der Waals surface area contributed by atoms with E-state index in [0.29, 0.717) is 38.9 Å². The Morgan fingerprint density at radius 1 is 1.00 bits per heavy atom. The van der Waals surface area contributed by atoms with Crippen LogP contribution < -0.4 is 20.1 Å². The number of rotatable bonds is 7. The third-order valence-electron chi connectivity index (χ3n) is 6.27. The van der Waals surface area contributed by atoms with Gasteiger partial charge in [-0.3, -0.25) is 9.20 Å². The van der Waals surface area contributed by atoms with Crippen LogP contribution in [0.3, 0.4) is 0 Å². The van der Waals surface area contributed by atoms with Crippen molar-refractivity contribution in [2.24, 2.45) is 0 Å². The first-order chi connectivity index (χ1) is 17.9. The van der Waals surface area contributed by atoms with Crippen LogP contribution in [0.1, 0.15) is 34.7 Å². The summed E-state index contributed by atoms with van der Waals surface area (Å²) < 4.78 is 12.8. The predicted molar refractivity (Wildman–Crippen MR) is 145 cm³/mol. The number of imidazole rings is 1. The molecule has 0 aliphatic rings. The molecule has 37 heavy (non-hydrogen) atoms. The number of nitrogens with one attached hydrogen (secondary N) is 2. The maximum Gasteiger partial charge on any atom is 0.288 e. The molecule has 0 bridgehead atoms. The van der Waals surface area contributed by atoms with Crippen molar-refractivity contribution < 1.29 is 14.3 Å². The van der Waals surface area contributed by atoms with Gasteiger partial charge in [0, 0.05) is 12.1 Å². The maximum absolute atomic E-state index is 13.5. The highest BCUT2D eigenvalue weighted by Gasteiger charge is 2.22. The molecule has 0 fully saturated rings. The fourth-order valence-electron chi connectivity index (χ4n) is 4.31. The zero-order chi connectivity index (χ0) is 26.1. The largest absolute Gasteiger partial charge is 0.493 e. The van der Waals surface area contributed by atoms with Crippen molar-refractivity contribution >= 4 is 45.6 Å². The van der Waals surface area contributed by atoms with Crippen LogP contribution in [0.5, 0.6) is 11.5 Å². The third kappa shape index (κ3) is 4.51. The maximum atomic E-state index is 13.5. The summed E-state index contributed by atoms with van der Waals surface area (Å²) in [7, 11) is 3.13. The Labute approximate surface area is 219 Å². The van der Waals surface area contributed by atoms with Crippen LogP contribution in [-0.4, -0.2) is 34.5 Å². The lowest BCUT2D eigenvalue weighted by Gasteiger charge is -2.17. The van der Waals surface area contributed by atoms with Gasteiger partial charge in [-0.15, -0.1) is 0 Å². The molecule has 8 nitrogen and oxygen atoms in total. The van der Waals surface area contributed by atoms with E-state index in [9.17, 15) is 4.79 Å². The molecule has 3 aromatic carbocycles. The van der Waals surface area contributed by atoms with Gasteiger partial charge in [-0.25, -0.2) is 9.97 Å². The summed E-state index contributed by atoms with van der Waals surface area (Å²) >= 11 is 6.49. The lowest BCUT2D eigenvalue weighted by Crippen LogP contribution is -2.28. The molecule has 1 amide bonds. The molecule has 0 saturated heterocycles. The van der Waals surface area contributed by atoms with Gasteiger partial charge in [0.05, 0.1) is 48.2 Å². The predicted octanol–water partition coefficient (Wildman–Crippen LogP) is 6.10. The first kappa shape index (κ1) is 24.4. The zero-order valence-electron chi connectivity index (χ0n) is 20.9. The van der Waals surface area contributed by atoms with Crippen molar-refractivity contribution in [1.82, 2.24) is 19.7 Å². The van der Waals surface area contributed by atoms with Crippen LogP contribution in [0, 0.1) is 6.92 Å². The van der Waals surface area contributed by atoms with Crippen molar-refractivity contribution in [1.29, 1.82) is 0 Å². The number of fused-ring (bicyclic) bond motifs is 3. The summed E-state index contributed by atoms with van der Waals surface area (Å²) in [5.41, 5.74) is 4.50. The minimum Gasteiger partial charge on any atom is -0.493 e. The highest BCUT2D eigenvalue weighted by atomic mass is 35.5. The van der Waals surface area contributed by atoms with Gasteiger partial charge < -0.3 is 20.1 Å². The van der Waals surface area contributed by atoms with Crippen LogP contribution in [0.25, 0.3) is 16.6 Å². The number of para-hydroxylation sites is 1. The summed E-state index contributed by atoms with van der Waals surface area (Å²) in [5, 5.41) is 6.96. The Bertz CT molecular complexity index is 1600. The summed E-state index contributed by atoms with van der Waals surface area (Å²) in [6, 6.07) is 18.8. The van der Waals surface area contributed by atoms with E-state index in [4.69, 9.17) is 26.1 Å². The molecule has 2 aromatic heterocycles. The Hall–Kier alpha value is -4.30. The molecule has 0 saturated carbocycles. The number of benzene rings is 3. The van der Waals surface area contributed by atoms with Crippen molar-refractivity contribution in [3.63, 3.8) is 0 Å². The van der Waals surface area contributed by atoms with E-state index in [1.54, 1.807) is 36.9 Å². The molecule has 5 rings (SSSR count). The summed E-state index contributed by atoms with van der Waals surface area (Å²) in [5.74, 6) is 1.43. The second kappa shape index (κ2) is 9.99. The number of hydrogen-bond acceptors (Lipinski definition) is 6. The van der Waals surface area contributed by atoms with E-state index in [2.05, 4.69) is 15.6 Å². The van der Waals surface area contributed by atoms with Gasteiger partial charge in [0.15, 0.2) is 17.3 Å². The molecule has 188 valence electrons. The normalized spacial score (nSPS) is 11.9. The Morgan fingerprint density at radius 3 is 2.43 bits per heavy atom. The molecule has 2 N–H and O–H groups in total. The standard InChI is InChI=1S/C28H26ClN5O3/c1-16-9-8-12-19(29)25(16)33-26-22-15-30-27(28(35)31-17(2)18-10-6-5-7-11-18)34(22)21-14-24(37-4)23(36-3)13-20(21)32-26/h5-15,17H,1-4H3,(H,31,35)(H,32,33). The molecule has 5 aromatic rings. The number of amides is 1. The van der Waals surface area contributed by atoms with E-state index in [1.807, 2.05) is 62.4 Å². The molecule has 0 spiro atoms. The molecule has 2 heterocycles. The van der Waals surface area contributed by atoms with Crippen LogP contribution >= 0.6 is 11.6 Å². The summed E-state index contributed by atoms with van der Waals surface area (Å²) in [6.45, 7) is 3.89.